The van der Waals surface area contributed by atoms with Gasteiger partial charge in [-0.15, -0.1) is 12.4 Å². The number of ether oxygens (including phenoxy) is 1. The summed E-state index contributed by atoms with van der Waals surface area (Å²) >= 11 is 0. The molecule has 5 rings (SSSR count). The Bertz CT molecular complexity index is 1220. The Morgan fingerprint density at radius 3 is 2.57 bits per heavy atom. The molecule has 8 heteroatoms. The lowest BCUT2D eigenvalue weighted by atomic mass is 9.88. The Balaban J connectivity index is 0.00000320. The molecule has 0 aliphatic carbocycles. The minimum absolute atomic E-state index is 0. The van der Waals surface area contributed by atoms with Crippen molar-refractivity contribution in [2.75, 3.05) is 45.9 Å². The number of piperidine rings is 1. The Hall–Kier alpha value is -2.45. The van der Waals surface area contributed by atoms with E-state index in [1.165, 1.54) is 11.6 Å². The second-order valence-corrected chi connectivity index (χ2v) is 10.1. The summed E-state index contributed by atoms with van der Waals surface area (Å²) in [4.78, 5) is 18.1. The second kappa shape index (κ2) is 12.4. The first-order valence-corrected chi connectivity index (χ1v) is 13.2. The van der Waals surface area contributed by atoms with Crippen LogP contribution in [0.4, 0.5) is 4.39 Å². The third kappa shape index (κ3) is 6.01. The molecule has 200 valence electrons. The molecule has 1 aromatic heterocycles. The van der Waals surface area contributed by atoms with E-state index in [2.05, 4.69) is 34.7 Å². The first kappa shape index (κ1) is 27.6. The topological polar surface area (TPSA) is 63.7 Å². The molecule has 0 spiro atoms. The molecule has 2 N–H and O–H groups in total. The van der Waals surface area contributed by atoms with Gasteiger partial charge in [0.05, 0.1) is 24.3 Å². The van der Waals surface area contributed by atoms with Crippen LogP contribution >= 0.6 is 12.4 Å². The number of amides is 1. The summed E-state index contributed by atoms with van der Waals surface area (Å²) in [6.07, 6.45) is 4.60. The first-order valence-electron chi connectivity index (χ1n) is 13.2. The molecule has 0 radical (unpaired) electrons. The zero-order valence-corrected chi connectivity index (χ0v) is 22.4. The molecule has 2 aromatic carbocycles. The number of carbonyl (C=O) groups is 1. The molecule has 1 amide bonds. The molecular formula is C29H38ClFN4O2. The van der Waals surface area contributed by atoms with Gasteiger partial charge in [-0.05, 0) is 54.9 Å². The summed E-state index contributed by atoms with van der Waals surface area (Å²) in [5.74, 6) is 0.0177. The maximum atomic E-state index is 14.5. The average molecular weight is 529 g/mol. The number of carbonyl (C=O) groups excluding carboxylic acids is 1. The number of aryl methyl sites for hydroxylation is 2. The van der Waals surface area contributed by atoms with Crippen LogP contribution in [-0.4, -0.2) is 66.2 Å². The van der Waals surface area contributed by atoms with Gasteiger partial charge in [0.1, 0.15) is 5.82 Å². The van der Waals surface area contributed by atoms with E-state index in [0.717, 1.165) is 86.2 Å². The van der Waals surface area contributed by atoms with Gasteiger partial charge in [0.2, 0.25) is 0 Å². The predicted molar refractivity (Wildman–Crippen MR) is 148 cm³/mol. The summed E-state index contributed by atoms with van der Waals surface area (Å²) in [6.45, 7) is 9.30. The number of halogens is 2. The molecule has 2 aliphatic heterocycles. The van der Waals surface area contributed by atoms with E-state index in [1.54, 1.807) is 6.07 Å². The van der Waals surface area contributed by atoms with E-state index < -0.39 is 0 Å². The Labute approximate surface area is 225 Å². The molecule has 2 fully saturated rings. The van der Waals surface area contributed by atoms with Crippen LogP contribution in [-0.2, 0) is 17.8 Å². The summed E-state index contributed by atoms with van der Waals surface area (Å²) in [7, 11) is 0. The highest BCUT2D eigenvalue weighted by molar-refractivity contribution is 6.07. The van der Waals surface area contributed by atoms with Crippen molar-refractivity contribution in [1.82, 2.24) is 14.4 Å². The van der Waals surface area contributed by atoms with Crippen LogP contribution in [0.5, 0.6) is 0 Å². The number of likely N-dealkylation sites (tertiary alicyclic amines) is 1. The average Bonchev–Trinajstić information content (AvgIpc) is 3.29. The minimum Gasteiger partial charge on any atom is -0.379 e. The van der Waals surface area contributed by atoms with Gasteiger partial charge in [0.25, 0.3) is 5.91 Å². The van der Waals surface area contributed by atoms with Crippen LogP contribution in [0.25, 0.3) is 10.9 Å². The van der Waals surface area contributed by atoms with Gasteiger partial charge in [-0.2, -0.15) is 0 Å². The number of morpholine rings is 1. The third-order valence-electron chi connectivity index (χ3n) is 7.83. The highest BCUT2D eigenvalue weighted by Gasteiger charge is 2.28. The molecule has 0 unspecified atom stereocenters. The fourth-order valence-electron chi connectivity index (χ4n) is 5.78. The molecule has 0 atom stereocenters. The minimum atomic E-state index is -0.174. The number of nitrogens with two attached hydrogens (primary N) is 1. The third-order valence-corrected chi connectivity index (χ3v) is 7.83. The number of aromatic nitrogens is 1. The molecule has 0 saturated carbocycles. The summed E-state index contributed by atoms with van der Waals surface area (Å²) in [6, 6.07) is 11.4. The van der Waals surface area contributed by atoms with E-state index >= 15 is 0 Å². The van der Waals surface area contributed by atoms with E-state index in [1.807, 2.05) is 17.0 Å². The van der Waals surface area contributed by atoms with Gasteiger partial charge < -0.3 is 19.9 Å². The number of hydrogen-bond acceptors (Lipinski definition) is 4. The van der Waals surface area contributed by atoms with Gasteiger partial charge in [-0.3, -0.25) is 9.69 Å². The van der Waals surface area contributed by atoms with E-state index in [4.69, 9.17) is 10.5 Å². The van der Waals surface area contributed by atoms with E-state index in [9.17, 15) is 9.18 Å². The zero-order chi connectivity index (χ0) is 25.1. The van der Waals surface area contributed by atoms with Gasteiger partial charge in [-0.25, -0.2) is 4.39 Å². The maximum absolute atomic E-state index is 14.5. The van der Waals surface area contributed by atoms with Crippen molar-refractivity contribution in [3.63, 3.8) is 0 Å². The van der Waals surface area contributed by atoms with Gasteiger partial charge in [0, 0.05) is 57.4 Å². The van der Waals surface area contributed by atoms with Crippen LogP contribution in [0.15, 0.2) is 42.6 Å². The number of hydrogen-bond donors (Lipinski definition) is 1. The van der Waals surface area contributed by atoms with Crippen LogP contribution < -0.4 is 5.73 Å². The fourth-order valence-corrected chi connectivity index (χ4v) is 5.78. The van der Waals surface area contributed by atoms with Gasteiger partial charge in [-0.1, -0.05) is 30.3 Å². The largest absolute Gasteiger partial charge is 0.379 e. The SMILES string of the molecule is Cc1cccc2c(C(=O)N3CCC(c4cc(CN)ccc4F)CC3)cn(CCCN3CCOCC3)c12.Cl. The lowest BCUT2D eigenvalue weighted by Crippen LogP contribution is -2.38. The van der Waals surface area contributed by atoms with Crippen molar-refractivity contribution >= 4 is 29.2 Å². The fraction of sp³-hybridized carbons (Fsp3) is 0.483. The van der Waals surface area contributed by atoms with E-state index in [-0.39, 0.29) is 30.0 Å². The molecule has 3 aromatic rings. The molecule has 2 aliphatic rings. The lowest BCUT2D eigenvalue weighted by Gasteiger charge is -2.32. The van der Waals surface area contributed by atoms with Crippen molar-refractivity contribution in [2.24, 2.45) is 5.73 Å². The number of para-hydroxylation sites is 1. The Morgan fingerprint density at radius 2 is 1.84 bits per heavy atom. The van der Waals surface area contributed by atoms with Crippen LogP contribution in [0.2, 0.25) is 0 Å². The first-order chi connectivity index (χ1) is 17.5. The van der Waals surface area contributed by atoms with Crippen LogP contribution in [0.1, 0.15) is 52.2 Å². The molecule has 37 heavy (non-hydrogen) atoms. The van der Waals surface area contributed by atoms with Crippen molar-refractivity contribution in [2.45, 2.75) is 45.2 Å². The molecule has 0 bridgehead atoms. The smallest absolute Gasteiger partial charge is 0.256 e. The number of benzene rings is 2. The van der Waals surface area contributed by atoms with Crippen LogP contribution in [0.3, 0.4) is 0 Å². The standard InChI is InChI=1S/C29H37FN4O2.ClH/c1-21-4-2-5-24-26(20-34(28(21)24)11-3-10-32-14-16-36-17-15-32)29(35)33-12-8-23(9-13-33)25-18-22(19-31)6-7-27(25)30;/h2,4-7,18,20,23H,3,8-17,19,31H2,1H3;1H. The van der Waals surface area contributed by atoms with Crippen molar-refractivity contribution in [3.8, 4) is 0 Å². The highest BCUT2D eigenvalue weighted by Crippen LogP contribution is 2.32. The van der Waals surface area contributed by atoms with Gasteiger partial charge >= 0.3 is 0 Å². The molecule has 6 nitrogen and oxygen atoms in total. The maximum Gasteiger partial charge on any atom is 0.256 e. The monoisotopic (exact) mass is 528 g/mol. The Morgan fingerprint density at radius 1 is 1.08 bits per heavy atom. The number of fused-ring (bicyclic) bond motifs is 1. The van der Waals surface area contributed by atoms with Crippen LogP contribution in [0, 0.1) is 12.7 Å². The summed E-state index contributed by atoms with van der Waals surface area (Å²) in [5.41, 5.74) is 10.6. The highest BCUT2D eigenvalue weighted by atomic mass is 35.5. The summed E-state index contributed by atoms with van der Waals surface area (Å²) in [5, 5.41) is 1.02. The zero-order valence-electron chi connectivity index (χ0n) is 21.6. The van der Waals surface area contributed by atoms with Crippen molar-refractivity contribution < 1.29 is 13.9 Å². The van der Waals surface area contributed by atoms with E-state index in [0.29, 0.717) is 19.6 Å². The number of rotatable bonds is 7. The predicted octanol–water partition coefficient (Wildman–Crippen LogP) is 4.71. The second-order valence-electron chi connectivity index (χ2n) is 10.1. The molecule has 3 heterocycles. The van der Waals surface area contributed by atoms with Crippen molar-refractivity contribution in [1.29, 1.82) is 0 Å². The lowest BCUT2D eigenvalue weighted by molar-refractivity contribution is 0.0369. The van der Waals surface area contributed by atoms with Crippen molar-refractivity contribution in [3.05, 3.63) is 70.7 Å². The quantitative estimate of drug-likeness (QED) is 0.482. The molecular weight excluding hydrogens is 491 g/mol. The number of nitrogens with zero attached hydrogens (tertiary/aromatic N) is 3. The van der Waals surface area contributed by atoms with Gasteiger partial charge in [0.15, 0.2) is 0 Å². The Kier molecular flexibility index (Phi) is 9.24. The molecule has 2 saturated heterocycles. The normalized spacial score (nSPS) is 17.2. The summed E-state index contributed by atoms with van der Waals surface area (Å²) < 4.78 is 22.2.